The standard InChI is InChI=1S/C14H16N2O2/c17-14(18)7-6-13-10-15-16(11-13)9-8-12-4-2-1-3-5-12/h1-5,10-11H,6-9H2,(H,17,18). The van der Waals surface area contributed by atoms with Crippen molar-refractivity contribution in [2.75, 3.05) is 0 Å². The first kappa shape index (κ1) is 12.4. The lowest BCUT2D eigenvalue weighted by molar-refractivity contribution is -0.136. The van der Waals surface area contributed by atoms with E-state index in [4.69, 9.17) is 5.11 Å². The van der Waals surface area contributed by atoms with Crippen LogP contribution in [-0.4, -0.2) is 20.9 Å². The lowest BCUT2D eigenvalue weighted by Crippen LogP contribution is -2.01. The molecule has 1 aromatic carbocycles. The third-order valence-corrected chi connectivity index (χ3v) is 2.79. The molecule has 18 heavy (non-hydrogen) atoms. The summed E-state index contributed by atoms with van der Waals surface area (Å²) in [4.78, 5) is 10.5. The van der Waals surface area contributed by atoms with E-state index in [0.717, 1.165) is 18.5 Å². The molecule has 2 rings (SSSR count). The first-order valence-corrected chi connectivity index (χ1v) is 6.01. The predicted octanol–water partition coefficient (Wildman–Crippen LogP) is 2.14. The van der Waals surface area contributed by atoms with E-state index >= 15 is 0 Å². The monoisotopic (exact) mass is 244 g/mol. The van der Waals surface area contributed by atoms with E-state index in [1.165, 1.54) is 5.56 Å². The van der Waals surface area contributed by atoms with Crippen molar-refractivity contribution in [3.05, 3.63) is 53.9 Å². The molecule has 1 heterocycles. The van der Waals surface area contributed by atoms with Gasteiger partial charge in [-0.25, -0.2) is 0 Å². The van der Waals surface area contributed by atoms with E-state index in [9.17, 15) is 4.79 Å². The Hall–Kier alpha value is -2.10. The van der Waals surface area contributed by atoms with Crippen LogP contribution >= 0.6 is 0 Å². The van der Waals surface area contributed by atoms with Crippen LogP contribution in [0.15, 0.2) is 42.7 Å². The Morgan fingerprint density at radius 3 is 2.67 bits per heavy atom. The van der Waals surface area contributed by atoms with E-state index in [-0.39, 0.29) is 6.42 Å². The molecular weight excluding hydrogens is 228 g/mol. The number of nitrogens with zero attached hydrogens (tertiary/aromatic N) is 2. The van der Waals surface area contributed by atoms with Crippen molar-refractivity contribution in [1.82, 2.24) is 9.78 Å². The van der Waals surface area contributed by atoms with Crippen LogP contribution in [-0.2, 0) is 24.2 Å². The molecule has 1 N–H and O–H groups in total. The molecule has 4 heteroatoms. The summed E-state index contributed by atoms with van der Waals surface area (Å²) in [7, 11) is 0. The van der Waals surface area contributed by atoms with Crippen molar-refractivity contribution in [1.29, 1.82) is 0 Å². The van der Waals surface area contributed by atoms with Gasteiger partial charge in [0, 0.05) is 19.2 Å². The fraction of sp³-hybridized carbons (Fsp3) is 0.286. The van der Waals surface area contributed by atoms with Gasteiger partial charge in [-0.2, -0.15) is 5.10 Å². The molecule has 0 aliphatic rings. The van der Waals surface area contributed by atoms with Gasteiger partial charge in [-0.1, -0.05) is 30.3 Å². The van der Waals surface area contributed by atoms with Gasteiger partial charge in [0.1, 0.15) is 0 Å². The summed E-state index contributed by atoms with van der Waals surface area (Å²) in [6.07, 6.45) is 5.30. The number of aliphatic carboxylic acids is 1. The number of benzene rings is 1. The van der Waals surface area contributed by atoms with Crippen molar-refractivity contribution in [3.8, 4) is 0 Å². The maximum absolute atomic E-state index is 10.5. The molecule has 0 saturated heterocycles. The van der Waals surface area contributed by atoms with Crippen molar-refractivity contribution in [2.24, 2.45) is 0 Å². The summed E-state index contributed by atoms with van der Waals surface area (Å²) in [5.74, 6) is -0.771. The van der Waals surface area contributed by atoms with Crippen molar-refractivity contribution >= 4 is 5.97 Å². The van der Waals surface area contributed by atoms with Gasteiger partial charge in [-0.05, 0) is 24.0 Å². The van der Waals surface area contributed by atoms with Gasteiger partial charge in [0.2, 0.25) is 0 Å². The second kappa shape index (κ2) is 6.00. The fourth-order valence-corrected chi connectivity index (χ4v) is 1.80. The number of aryl methyl sites for hydroxylation is 3. The molecule has 0 radical (unpaired) electrons. The molecule has 0 fully saturated rings. The van der Waals surface area contributed by atoms with Crippen LogP contribution in [0.25, 0.3) is 0 Å². The van der Waals surface area contributed by atoms with Gasteiger partial charge in [0.15, 0.2) is 0 Å². The van der Waals surface area contributed by atoms with Gasteiger partial charge in [-0.3, -0.25) is 9.48 Å². The largest absolute Gasteiger partial charge is 0.481 e. The number of carbonyl (C=O) groups is 1. The molecule has 1 aromatic heterocycles. The van der Waals surface area contributed by atoms with Gasteiger partial charge >= 0.3 is 5.97 Å². The molecule has 0 saturated carbocycles. The van der Waals surface area contributed by atoms with Gasteiger partial charge in [0.25, 0.3) is 0 Å². The van der Waals surface area contributed by atoms with E-state index in [1.54, 1.807) is 6.20 Å². The minimum atomic E-state index is -0.771. The zero-order chi connectivity index (χ0) is 12.8. The SMILES string of the molecule is O=C(O)CCc1cnn(CCc2ccccc2)c1. The van der Waals surface area contributed by atoms with Crippen LogP contribution < -0.4 is 0 Å². The van der Waals surface area contributed by atoms with Crippen LogP contribution in [0.1, 0.15) is 17.5 Å². The molecule has 0 aliphatic heterocycles. The topological polar surface area (TPSA) is 55.1 Å². The molecular formula is C14H16N2O2. The average Bonchev–Trinajstić information content (AvgIpc) is 2.83. The molecule has 94 valence electrons. The average molecular weight is 244 g/mol. The summed E-state index contributed by atoms with van der Waals surface area (Å²) >= 11 is 0. The summed E-state index contributed by atoms with van der Waals surface area (Å²) < 4.78 is 1.87. The first-order chi connectivity index (χ1) is 8.74. The Bertz CT molecular complexity index is 506. The Labute approximate surface area is 106 Å². The van der Waals surface area contributed by atoms with Crippen molar-refractivity contribution in [3.63, 3.8) is 0 Å². The molecule has 0 spiro atoms. The van der Waals surface area contributed by atoms with Gasteiger partial charge in [0.05, 0.1) is 6.20 Å². The number of carboxylic acid groups (broad SMARTS) is 1. The molecule has 0 aliphatic carbocycles. The third kappa shape index (κ3) is 3.73. The van der Waals surface area contributed by atoms with E-state index in [1.807, 2.05) is 29.1 Å². The van der Waals surface area contributed by atoms with Crippen molar-refractivity contribution in [2.45, 2.75) is 25.8 Å². The second-order valence-corrected chi connectivity index (χ2v) is 4.24. The normalized spacial score (nSPS) is 10.4. The summed E-state index contributed by atoms with van der Waals surface area (Å²) in [6.45, 7) is 0.817. The zero-order valence-electron chi connectivity index (χ0n) is 10.1. The third-order valence-electron chi connectivity index (χ3n) is 2.79. The maximum atomic E-state index is 10.5. The zero-order valence-corrected chi connectivity index (χ0v) is 10.1. The molecule has 0 atom stereocenters. The van der Waals surface area contributed by atoms with Gasteiger partial charge < -0.3 is 5.11 Å². The number of hydrogen-bond donors (Lipinski definition) is 1. The Balaban J connectivity index is 1.85. The molecule has 0 unspecified atom stereocenters. The first-order valence-electron chi connectivity index (χ1n) is 6.01. The highest BCUT2D eigenvalue weighted by molar-refractivity contribution is 5.67. The Morgan fingerprint density at radius 2 is 1.94 bits per heavy atom. The van der Waals surface area contributed by atoms with Crippen LogP contribution in [0.4, 0.5) is 0 Å². The number of rotatable bonds is 6. The second-order valence-electron chi connectivity index (χ2n) is 4.24. The summed E-state index contributed by atoms with van der Waals surface area (Å²) in [5, 5.41) is 12.8. The van der Waals surface area contributed by atoms with E-state index in [2.05, 4.69) is 17.2 Å². The van der Waals surface area contributed by atoms with Crippen molar-refractivity contribution < 1.29 is 9.90 Å². The molecule has 0 bridgehead atoms. The fourth-order valence-electron chi connectivity index (χ4n) is 1.80. The number of carboxylic acids is 1. The van der Waals surface area contributed by atoms with E-state index < -0.39 is 5.97 Å². The molecule has 2 aromatic rings. The smallest absolute Gasteiger partial charge is 0.303 e. The van der Waals surface area contributed by atoms with Crippen LogP contribution in [0.5, 0.6) is 0 Å². The number of aromatic nitrogens is 2. The minimum Gasteiger partial charge on any atom is -0.481 e. The summed E-state index contributed by atoms with van der Waals surface area (Å²) in [6, 6.07) is 10.2. The van der Waals surface area contributed by atoms with Crippen LogP contribution in [0.2, 0.25) is 0 Å². The maximum Gasteiger partial charge on any atom is 0.303 e. The lowest BCUT2D eigenvalue weighted by Gasteiger charge is -2.01. The Morgan fingerprint density at radius 1 is 1.17 bits per heavy atom. The lowest BCUT2D eigenvalue weighted by atomic mass is 10.1. The Kier molecular flexibility index (Phi) is 4.12. The quantitative estimate of drug-likeness (QED) is 0.847. The van der Waals surface area contributed by atoms with Crippen LogP contribution in [0, 0.1) is 0 Å². The minimum absolute atomic E-state index is 0.157. The predicted molar refractivity (Wildman–Crippen MR) is 68.3 cm³/mol. The highest BCUT2D eigenvalue weighted by atomic mass is 16.4. The summed E-state index contributed by atoms with van der Waals surface area (Å²) in [5.41, 5.74) is 2.26. The highest BCUT2D eigenvalue weighted by Gasteiger charge is 2.02. The van der Waals surface area contributed by atoms with Gasteiger partial charge in [-0.15, -0.1) is 0 Å². The molecule has 0 amide bonds. The van der Waals surface area contributed by atoms with E-state index in [0.29, 0.717) is 6.42 Å². The number of hydrogen-bond acceptors (Lipinski definition) is 2. The highest BCUT2D eigenvalue weighted by Crippen LogP contribution is 2.05. The van der Waals surface area contributed by atoms with Crippen LogP contribution in [0.3, 0.4) is 0 Å². The molecule has 4 nitrogen and oxygen atoms in total.